The van der Waals surface area contributed by atoms with Gasteiger partial charge in [0.15, 0.2) is 0 Å². The lowest BCUT2D eigenvalue weighted by Crippen LogP contribution is -2.49. The minimum atomic E-state index is -0.209. The van der Waals surface area contributed by atoms with E-state index >= 15 is 0 Å². The maximum absolute atomic E-state index is 13.7. The lowest BCUT2D eigenvalue weighted by atomic mass is 9.94. The summed E-state index contributed by atoms with van der Waals surface area (Å²) in [6.07, 6.45) is 5.23. The molecule has 1 N–H and O–H groups in total. The van der Waals surface area contributed by atoms with Crippen LogP contribution >= 0.6 is 27.3 Å². The van der Waals surface area contributed by atoms with E-state index in [1.165, 1.54) is 11.3 Å². The van der Waals surface area contributed by atoms with Crippen LogP contribution in [0.5, 0.6) is 0 Å². The van der Waals surface area contributed by atoms with Crippen molar-refractivity contribution in [3.63, 3.8) is 0 Å². The average molecular weight is 555 g/mol. The molecule has 1 heterocycles. The number of nitrogens with zero attached hydrogens (tertiary/aromatic N) is 2. The standard InChI is InChI=1S/C28H32BrN3O2S/c1-21-12-17-26(35-21)19-31(18-22-8-4-2-5-9-22)27(33)20-32(25-10-6-3-7-11-25)28(34)30-24-15-13-23(29)14-16-24/h2,4-5,8-9,12-17,25H,3,6-7,10-11,18-20H2,1H3,(H,30,34). The first-order chi connectivity index (χ1) is 17.0. The van der Waals surface area contributed by atoms with Crippen LogP contribution in [0.25, 0.3) is 0 Å². The number of nitrogens with one attached hydrogen (secondary N) is 1. The molecule has 1 saturated carbocycles. The van der Waals surface area contributed by atoms with Crippen LogP contribution in [0.4, 0.5) is 10.5 Å². The van der Waals surface area contributed by atoms with Gasteiger partial charge in [-0.15, -0.1) is 11.3 Å². The second-order valence-electron chi connectivity index (χ2n) is 9.10. The molecule has 0 spiro atoms. The Morgan fingerprint density at radius 3 is 2.31 bits per heavy atom. The number of hydrogen-bond acceptors (Lipinski definition) is 3. The average Bonchev–Trinajstić information content (AvgIpc) is 3.29. The zero-order chi connectivity index (χ0) is 24.6. The lowest BCUT2D eigenvalue weighted by molar-refractivity contribution is -0.133. The summed E-state index contributed by atoms with van der Waals surface area (Å²) in [4.78, 5) is 33.1. The largest absolute Gasteiger partial charge is 0.332 e. The van der Waals surface area contributed by atoms with Crippen molar-refractivity contribution in [1.82, 2.24) is 9.80 Å². The molecule has 7 heteroatoms. The smallest absolute Gasteiger partial charge is 0.322 e. The summed E-state index contributed by atoms with van der Waals surface area (Å²) in [5.41, 5.74) is 1.80. The highest BCUT2D eigenvalue weighted by atomic mass is 79.9. The molecule has 1 aliphatic rings. The first kappa shape index (κ1) is 25.5. The van der Waals surface area contributed by atoms with E-state index in [4.69, 9.17) is 0 Å². The van der Waals surface area contributed by atoms with Gasteiger partial charge >= 0.3 is 6.03 Å². The molecule has 2 aromatic carbocycles. The van der Waals surface area contributed by atoms with Gasteiger partial charge in [0.2, 0.25) is 5.91 Å². The summed E-state index contributed by atoms with van der Waals surface area (Å²) in [6, 6.07) is 21.6. The van der Waals surface area contributed by atoms with Gasteiger partial charge in [-0.3, -0.25) is 4.79 Å². The predicted octanol–water partition coefficient (Wildman–Crippen LogP) is 7.21. The lowest BCUT2D eigenvalue weighted by Gasteiger charge is -2.35. The number of aryl methyl sites for hydroxylation is 1. The molecule has 1 fully saturated rings. The third-order valence-electron chi connectivity index (χ3n) is 6.39. The van der Waals surface area contributed by atoms with Crippen LogP contribution in [-0.4, -0.2) is 34.3 Å². The van der Waals surface area contributed by atoms with E-state index in [-0.39, 0.29) is 24.5 Å². The molecule has 35 heavy (non-hydrogen) atoms. The number of urea groups is 1. The number of carbonyl (C=O) groups excluding carboxylic acids is 2. The fourth-order valence-electron chi connectivity index (χ4n) is 4.53. The van der Waals surface area contributed by atoms with Gasteiger partial charge in [-0.25, -0.2) is 4.79 Å². The first-order valence-electron chi connectivity index (χ1n) is 12.2. The summed E-state index contributed by atoms with van der Waals surface area (Å²) < 4.78 is 0.954. The number of thiophene rings is 1. The van der Waals surface area contributed by atoms with Crippen LogP contribution in [0.1, 0.15) is 47.4 Å². The molecule has 3 aromatic rings. The quantitative estimate of drug-likeness (QED) is 0.320. The van der Waals surface area contributed by atoms with Crippen molar-refractivity contribution >= 4 is 44.9 Å². The molecule has 0 radical (unpaired) electrons. The van der Waals surface area contributed by atoms with Crippen molar-refractivity contribution < 1.29 is 9.59 Å². The van der Waals surface area contributed by atoms with Crippen molar-refractivity contribution in [2.45, 2.75) is 58.2 Å². The Kier molecular flexibility index (Phi) is 8.99. The molecular formula is C28H32BrN3O2S. The molecular weight excluding hydrogens is 522 g/mol. The van der Waals surface area contributed by atoms with Gasteiger partial charge in [0.1, 0.15) is 6.54 Å². The van der Waals surface area contributed by atoms with E-state index in [1.54, 1.807) is 16.2 Å². The molecule has 0 atom stereocenters. The van der Waals surface area contributed by atoms with E-state index < -0.39 is 0 Å². The van der Waals surface area contributed by atoms with Gasteiger partial charge in [-0.1, -0.05) is 65.5 Å². The summed E-state index contributed by atoms with van der Waals surface area (Å²) >= 11 is 5.14. The SMILES string of the molecule is Cc1ccc(CN(Cc2ccccc2)C(=O)CN(C(=O)Nc2ccc(Br)cc2)C2CCCCC2)s1. The van der Waals surface area contributed by atoms with Crippen molar-refractivity contribution in [3.8, 4) is 0 Å². The zero-order valence-corrected chi connectivity index (χ0v) is 22.5. The molecule has 1 aliphatic carbocycles. The van der Waals surface area contributed by atoms with Crippen LogP contribution in [-0.2, 0) is 17.9 Å². The monoisotopic (exact) mass is 553 g/mol. The Labute approximate surface area is 220 Å². The topological polar surface area (TPSA) is 52.7 Å². The molecule has 184 valence electrons. The van der Waals surface area contributed by atoms with E-state index in [0.29, 0.717) is 13.1 Å². The minimum absolute atomic E-state index is 0.0311. The first-order valence-corrected chi connectivity index (χ1v) is 13.8. The van der Waals surface area contributed by atoms with Gasteiger partial charge in [0, 0.05) is 32.5 Å². The van der Waals surface area contributed by atoms with Crippen molar-refractivity contribution in [2.24, 2.45) is 0 Å². The summed E-state index contributed by atoms with van der Waals surface area (Å²) in [5, 5.41) is 3.01. The maximum Gasteiger partial charge on any atom is 0.322 e. The van der Waals surface area contributed by atoms with Gasteiger partial charge in [0.25, 0.3) is 0 Å². The maximum atomic E-state index is 13.7. The fraction of sp³-hybridized carbons (Fsp3) is 0.357. The number of halogens is 1. The Bertz CT molecular complexity index is 1110. The van der Waals surface area contributed by atoms with Gasteiger partial charge in [0.05, 0.1) is 6.54 Å². The highest BCUT2D eigenvalue weighted by Gasteiger charge is 2.29. The molecule has 4 rings (SSSR count). The van der Waals surface area contributed by atoms with E-state index in [2.05, 4.69) is 40.3 Å². The van der Waals surface area contributed by atoms with Crippen molar-refractivity contribution in [1.29, 1.82) is 0 Å². The molecule has 5 nitrogen and oxygen atoms in total. The number of hydrogen-bond donors (Lipinski definition) is 1. The normalized spacial score (nSPS) is 13.9. The van der Waals surface area contributed by atoms with Crippen LogP contribution < -0.4 is 5.32 Å². The summed E-state index contributed by atoms with van der Waals surface area (Å²) in [7, 11) is 0. The Morgan fingerprint density at radius 2 is 1.66 bits per heavy atom. The number of anilines is 1. The van der Waals surface area contributed by atoms with Crippen LogP contribution in [0, 0.1) is 6.92 Å². The van der Waals surface area contributed by atoms with Gasteiger partial charge in [-0.05, 0) is 61.7 Å². The van der Waals surface area contributed by atoms with E-state index in [0.717, 1.165) is 46.3 Å². The van der Waals surface area contributed by atoms with Crippen LogP contribution in [0.15, 0.2) is 71.2 Å². The second kappa shape index (κ2) is 12.4. The third-order valence-corrected chi connectivity index (χ3v) is 7.90. The number of rotatable bonds is 8. The Hall–Kier alpha value is -2.64. The summed E-state index contributed by atoms with van der Waals surface area (Å²) in [5.74, 6) is -0.0311. The minimum Gasteiger partial charge on any atom is -0.332 e. The van der Waals surface area contributed by atoms with E-state index in [1.807, 2.05) is 59.5 Å². The molecule has 0 unspecified atom stereocenters. The van der Waals surface area contributed by atoms with E-state index in [9.17, 15) is 9.59 Å². The highest BCUT2D eigenvalue weighted by Crippen LogP contribution is 2.25. The molecule has 0 aliphatic heterocycles. The third kappa shape index (κ3) is 7.42. The predicted molar refractivity (Wildman–Crippen MR) is 146 cm³/mol. The molecule has 1 aromatic heterocycles. The number of carbonyl (C=O) groups is 2. The Morgan fingerprint density at radius 1 is 0.943 bits per heavy atom. The zero-order valence-electron chi connectivity index (χ0n) is 20.1. The Balaban J connectivity index is 1.53. The van der Waals surface area contributed by atoms with Gasteiger partial charge < -0.3 is 15.1 Å². The molecule has 0 bridgehead atoms. The fourth-order valence-corrected chi connectivity index (χ4v) is 5.70. The van der Waals surface area contributed by atoms with Crippen LogP contribution in [0.3, 0.4) is 0 Å². The highest BCUT2D eigenvalue weighted by molar-refractivity contribution is 9.10. The number of amides is 3. The molecule has 3 amide bonds. The van der Waals surface area contributed by atoms with Crippen molar-refractivity contribution in [2.75, 3.05) is 11.9 Å². The van der Waals surface area contributed by atoms with Crippen LogP contribution in [0.2, 0.25) is 0 Å². The second-order valence-corrected chi connectivity index (χ2v) is 11.4. The molecule has 0 saturated heterocycles. The number of benzene rings is 2. The summed E-state index contributed by atoms with van der Waals surface area (Å²) in [6.45, 7) is 3.21. The van der Waals surface area contributed by atoms with Gasteiger partial charge in [-0.2, -0.15) is 0 Å². The van der Waals surface area contributed by atoms with Crippen molar-refractivity contribution in [3.05, 3.63) is 86.5 Å².